The summed E-state index contributed by atoms with van der Waals surface area (Å²) in [6.45, 7) is 5.44. The van der Waals surface area contributed by atoms with Crippen molar-refractivity contribution in [3.05, 3.63) is 65.2 Å². The van der Waals surface area contributed by atoms with Crippen LogP contribution in [0.25, 0.3) is 5.53 Å². The molecule has 0 saturated heterocycles. The van der Waals surface area contributed by atoms with E-state index in [0.717, 1.165) is 5.56 Å². The molecule has 0 amide bonds. The van der Waals surface area contributed by atoms with Gasteiger partial charge in [-0.05, 0) is 30.3 Å². The summed E-state index contributed by atoms with van der Waals surface area (Å²) >= 11 is 0. The highest BCUT2D eigenvalue weighted by Gasteiger charge is 2.18. The van der Waals surface area contributed by atoms with Crippen molar-refractivity contribution < 1.29 is 37.9 Å². The number of hydrogen-bond donors (Lipinski definition) is 0. The first-order valence-corrected chi connectivity index (χ1v) is 11.4. The molecule has 9 nitrogen and oxygen atoms in total. The molecule has 184 valence electrons. The Balaban J connectivity index is 1.64. The van der Waals surface area contributed by atoms with E-state index in [1.165, 1.54) is 0 Å². The number of ether oxygens (including phenoxy) is 7. The summed E-state index contributed by atoms with van der Waals surface area (Å²) in [5.41, 5.74) is 11.6. The normalized spacial score (nSPS) is 17.6. The second-order valence-corrected chi connectivity index (χ2v) is 7.23. The van der Waals surface area contributed by atoms with Gasteiger partial charge in [-0.3, -0.25) is 0 Å². The van der Waals surface area contributed by atoms with E-state index in [2.05, 4.69) is 4.79 Å². The highest BCUT2D eigenvalue weighted by molar-refractivity contribution is 6.09. The third-order valence-electron chi connectivity index (χ3n) is 4.82. The van der Waals surface area contributed by atoms with E-state index in [4.69, 9.17) is 33.2 Å². The van der Waals surface area contributed by atoms with Crippen LogP contribution in [0.1, 0.15) is 11.1 Å². The fourth-order valence-corrected chi connectivity index (χ4v) is 3.17. The molecule has 1 aliphatic rings. The summed E-state index contributed by atoms with van der Waals surface area (Å²) in [6.07, 6.45) is 0. The Labute approximate surface area is 200 Å². The Morgan fingerprint density at radius 3 is 1.50 bits per heavy atom. The fourth-order valence-electron chi connectivity index (χ4n) is 3.17. The highest BCUT2D eigenvalue weighted by atomic mass is 16.6. The van der Waals surface area contributed by atoms with Crippen LogP contribution in [0.4, 0.5) is 0 Å². The molecule has 34 heavy (non-hydrogen) atoms. The van der Waals surface area contributed by atoms with Gasteiger partial charge in [-0.2, -0.15) is 4.79 Å². The summed E-state index contributed by atoms with van der Waals surface area (Å²) in [7, 11) is 0. The van der Waals surface area contributed by atoms with Crippen molar-refractivity contribution in [2.45, 2.75) is 0 Å². The summed E-state index contributed by atoms with van der Waals surface area (Å²) in [6, 6.07) is 14.9. The van der Waals surface area contributed by atoms with E-state index in [0.29, 0.717) is 102 Å². The summed E-state index contributed by atoms with van der Waals surface area (Å²) in [5.74, 6) is 1.10. The van der Waals surface area contributed by atoms with Gasteiger partial charge in [-0.25, -0.2) is 0 Å². The summed E-state index contributed by atoms with van der Waals surface area (Å²) in [5, 5.41) is 0. The predicted octanol–water partition coefficient (Wildman–Crippen LogP) is 2.61. The van der Waals surface area contributed by atoms with E-state index in [-0.39, 0.29) is 0 Å². The van der Waals surface area contributed by atoms with Crippen LogP contribution in [-0.2, 0) is 23.7 Å². The van der Waals surface area contributed by atoms with Crippen molar-refractivity contribution in [3.63, 3.8) is 0 Å². The lowest BCUT2D eigenvalue weighted by molar-refractivity contribution is -0.0134. The molecule has 0 atom stereocenters. The molecular weight excluding hydrogens is 440 g/mol. The molecule has 0 saturated carbocycles. The first-order valence-electron chi connectivity index (χ1n) is 11.4. The van der Waals surface area contributed by atoms with Crippen LogP contribution in [0.15, 0.2) is 48.5 Å². The molecule has 0 aromatic heterocycles. The van der Waals surface area contributed by atoms with Gasteiger partial charge in [0, 0.05) is 0 Å². The number of nitrogens with zero attached hydrogens (tertiary/aromatic N) is 2. The number of hydrogen-bond acceptors (Lipinski definition) is 7. The lowest BCUT2D eigenvalue weighted by atomic mass is 10.0. The van der Waals surface area contributed by atoms with Crippen molar-refractivity contribution in [3.8, 4) is 11.5 Å². The lowest BCUT2D eigenvalue weighted by Gasteiger charge is -2.14. The molecule has 0 spiro atoms. The van der Waals surface area contributed by atoms with Crippen LogP contribution in [0.5, 0.6) is 11.5 Å². The van der Waals surface area contributed by atoms with E-state index in [9.17, 15) is 5.53 Å². The minimum absolute atomic E-state index is 0.327. The van der Waals surface area contributed by atoms with Crippen molar-refractivity contribution in [2.75, 3.05) is 79.3 Å². The maximum Gasteiger partial charge on any atom is 0.329 e. The second-order valence-electron chi connectivity index (χ2n) is 7.23. The van der Waals surface area contributed by atoms with Crippen molar-refractivity contribution >= 4 is 5.71 Å². The first-order chi connectivity index (χ1) is 16.9. The third-order valence-corrected chi connectivity index (χ3v) is 4.82. The molecule has 3 rings (SSSR count). The Hall–Kier alpha value is -2.78. The smallest absolute Gasteiger partial charge is 0.329 e. The van der Waals surface area contributed by atoms with Gasteiger partial charge in [0.25, 0.3) is 0 Å². The van der Waals surface area contributed by atoms with Crippen LogP contribution in [-0.4, -0.2) is 89.8 Å². The topological polar surface area (TPSA) is 101 Å². The van der Waals surface area contributed by atoms with Gasteiger partial charge in [0.15, 0.2) is 11.5 Å². The van der Waals surface area contributed by atoms with E-state index < -0.39 is 0 Å². The predicted molar refractivity (Wildman–Crippen MR) is 125 cm³/mol. The van der Waals surface area contributed by atoms with Crippen LogP contribution in [0.3, 0.4) is 0 Å². The van der Waals surface area contributed by atoms with Crippen molar-refractivity contribution in [2.24, 2.45) is 0 Å². The van der Waals surface area contributed by atoms with E-state index in [1.807, 2.05) is 36.4 Å². The van der Waals surface area contributed by atoms with Gasteiger partial charge in [-0.15, -0.1) is 0 Å². The molecule has 2 aromatic carbocycles. The van der Waals surface area contributed by atoms with Gasteiger partial charge in [0.1, 0.15) is 13.2 Å². The van der Waals surface area contributed by atoms with Gasteiger partial charge in [0.05, 0.1) is 77.2 Å². The van der Waals surface area contributed by atoms with Crippen LogP contribution in [0, 0.1) is 0 Å². The van der Waals surface area contributed by atoms with E-state index in [1.54, 1.807) is 12.1 Å². The van der Waals surface area contributed by atoms with Gasteiger partial charge >= 0.3 is 5.71 Å². The summed E-state index contributed by atoms with van der Waals surface area (Å²) in [4.78, 5) is 3.50. The molecule has 1 heterocycles. The van der Waals surface area contributed by atoms with Crippen LogP contribution >= 0.6 is 0 Å². The molecular formula is C25H32N2O7. The molecule has 0 fully saturated rings. The standard InChI is InChI=1S/C25H32N2O7/c26-27-25(21-4-2-1-3-5-21)22-6-7-23-24(20-22)34-19-17-32-15-13-30-11-9-28-8-10-29-12-14-31-16-18-33-23/h1-7,20H,8-19H2. The Morgan fingerprint density at radius 1 is 0.529 bits per heavy atom. The molecule has 0 radical (unpaired) electrons. The number of rotatable bonds is 2. The quantitative estimate of drug-likeness (QED) is 0.376. The molecule has 2 aromatic rings. The highest BCUT2D eigenvalue weighted by Crippen LogP contribution is 2.29. The lowest BCUT2D eigenvalue weighted by Crippen LogP contribution is -2.14. The maximum atomic E-state index is 9.64. The van der Waals surface area contributed by atoms with E-state index >= 15 is 0 Å². The Kier molecular flexibility index (Phi) is 12.1. The zero-order valence-electron chi connectivity index (χ0n) is 19.4. The average molecular weight is 473 g/mol. The Bertz CT molecular complexity index is 888. The molecule has 0 N–H and O–H groups in total. The van der Waals surface area contributed by atoms with Crippen LogP contribution < -0.4 is 9.47 Å². The monoisotopic (exact) mass is 472 g/mol. The van der Waals surface area contributed by atoms with Crippen LogP contribution in [0.2, 0.25) is 0 Å². The zero-order valence-corrected chi connectivity index (χ0v) is 19.4. The minimum Gasteiger partial charge on any atom is -0.487 e. The minimum atomic E-state index is 0.327. The van der Waals surface area contributed by atoms with Crippen molar-refractivity contribution in [1.29, 1.82) is 0 Å². The number of benzene rings is 2. The fraction of sp³-hybridized carbons (Fsp3) is 0.480. The molecule has 1 aliphatic heterocycles. The average Bonchev–Trinajstić information content (AvgIpc) is 2.87. The third kappa shape index (κ3) is 9.23. The zero-order chi connectivity index (χ0) is 23.7. The molecule has 0 unspecified atom stereocenters. The number of fused-ring (bicyclic) bond motifs is 1. The van der Waals surface area contributed by atoms with Crippen molar-refractivity contribution in [1.82, 2.24) is 0 Å². The largest absolute Gasteiger partial charge is 0.487 e. The SMILES string of the molecule is [N-]=[N+]=C(c1ccccc1)c1ccc2c(c1)OCCOCCOCCOCCOCCOCCO2. The Morgan fingerprint density at radius 2 is 1.00 bits per heavy atom. The van der Waals surface area contributed by atoms with Gasteiger partial charge in [-0.1, -0.05) is 18.2 Å². The molecule has 9 heteroatoms. The summed E-state index contributed by atoms with van der Waals surface area (Å²) < 4.78 is 39.4. The van der Waals surface area contributed by atoms with Gasteiger partial charge < -0.3 is 38.7 Å². The first kappa shape index (κ1) is 25.8. The maximum absolute atomic E-state index is 9.64. The van der Waals surface area contributed by atoms with Gasteiger partial charge in [0.2, 0.25) is 0 Å². The second kappa shape index (κ2) is 16.0. The molecule has 0 aliphatic carbocycles. The molecule has 0 bridgehead atoms.